The van der Waals surface area contributed by atoms with Crippen LogP contribution in [0.25, 0.3) is 0 Å². The summed E-state index contributed by atoms with van der Waals surface area (Å²) in [6.07, 6.45) is 7.49. The maximum absolute atomic E-state index is 5.81. The molecule has 0 spiro atoms. The van der Waals surface area contributed by atoms with E-state index in [1.807, 2.05) is 0 Å². The van der Waals surface area contributed by atoms with Gasteiger partial charge in [-0.2, -0.15) is 0 Å². The molecule has 0 bridgehead atoms. The molecule has 0 fully saturated rings. The number of hydrogen-bond acceptors (Lipinski definition) is 1. The molecule has 0 aliphatic rings. The highest BCUT2D eigenvalue weighted by Gasteiger charge is 2.20. The first-order valence-electron chi connectivity index (χ1n) is 7.83. The van der Waals surface area contributed by atoms with Crippen LogP contribution < -0.4 is 4.74 Å². The zero-order chi connectivity index (χ0) is 14.1. The molecular formula is C18H30O. The second-order valence-electron chi connectivity index (χ2n) is 6.07. The molecule has 0 atom stereocenters. The van der Waals surface area contributed by atoms with Gasteiger partial charge >= 0.3 is 0 Å². The van der Waals surface area contributed by atoms with Gasteiger partial charge in [0.25, 0.3) is 0 Å². The quantitative estimate of drug-likeness (QED) is 0.517. The van der Waals surface area contributed by atoms with Crippen LogP contribution in [0.15, 0.2) is 24.3 Å². The Balaban J connectivity index is 2.63. The molecule has 1 aromatic carbocycles. The molecule has 0 aromatic heterocycles. The minimum absolute atomic E-state index is 0.249. The smallest absolute Gasteiger partial charge is 0.119 e. The predicted octanol–water partition coefficient (Wildman–Crippen LogP) is 5.72. The van der Waals surface area contributed by atoms with Crippen molar-refractivity contribution in [1.82, 2.24) is 0 Å². The minimum Gasteiger partial charge on any atom is -0.494 e. The van der Waals surface area contributed by atoms with Gasteiger partial charge in [0.05, 0.1) is 6.61 Å². The van der Waals surface area contributed by atoms with E-state index in [4.69, 9.17) is 4.74 Å². The van der Waals surface area contributed by atoms with Crippen LogP contribution in [0, 0.1) is 0 Å². The molecule has 0 saturated carbocycles. The molecule has 0 saturated heterocycles. The van der Waals surface area contributed by atoms with E-state index in [-0.39, 0.29) is 5.41 Å². The standard InChI is InChI=1S/C18H30O/c1-5-7-9-13-18(3,4)16-11-10-12-17(15-16)19-14-8-6-2/h10-12,15H,5-9,13-14H2,1-4H3. The van der Waals surface area contributed by atoms with Gasteiger partial charge in [-0.25, -0.2) is 0 Å². The summed E-state index contributed by atoms with van der Waals surface area (Å²) in [7, 11) is 0. The van der Waals surface area contributed by atoms with Crippen LogP contribution in [0.2, 0.25) is 0 Å². The van der Waals surface area contributed by atoms with E-state index in [0.29, 0.717) is 0 Å². The van der Waals surface area contributed by atoms with E-state index in [0.717, 1.165) is 18.8 Å². The first-order valence-corrected chi connectivity index (χ1v) is 7.83. The second-order valence-corrected chi connectivity index (χ2v) is 6.07. The molecular weight excluding hydrogens is 232 g/mol. The number of benzene rings is 1. The average molecular weight is 262 g/mol. The van der Waals surface area contributed by atoms with Crippen molar-refractivity contribution in [2.75, 3.05) is 6.61 Å². The van der Waals surface area contributed by atoms with E-state index in [1.54, 1.807) is 0 Å². The van der Waals surface area contributed by atoms with Gasteiger partial charge in [0.2, 0.25) is 0 Å². The van der Waals surface area contributed by atoms with E-state index in [9.17, 15) is 0 Å². The zero-order valence-electron chi connectivity index (χ0n) is 13.2. The molecule has 19 heavy (non-hydrogen) atoms. The lowest BCUT2D eigenvalue weighted by atomic mass is 9.80. The average Bonchev–Trinajstić information content (AvgIpc) is 2.40. The Kier molecular flexibility index (Phi) is 6.97. The Hall–Kier alpha value is -0.980. The highest BCUT2D eigenvalue weighted by atomic mass is 16.5. The normalized spacial score (nSPS) is 11.6. The Morgan fingerprint density at radius 1 is 1.00 bits per heavy atom. The van der Waals surface area contributed by atoms with Gasteiger partial charge < -0.3 is 4.74 Å². The van der Waals surface area contributed by atoms with Gasteiger partial charge in [-0.1, -0.05) is 65.5 Å². The summed E-state index contributed by atoms with van der Waals surface area (Å²) in [5.41, 5.74) is 1.65. The lowest BCUT2D eigenvalue weighted by Gasteiger charge is -2.25. The van der Waals surface area contributed by atoms with Crippen LogP contribution >= 0.6 is 0 Å². The molecule has 108 valence electrons. The maximum Gasteiger partial charge on any atom is 0.119 e. The fourth-order valence-corrected chi connectivity index (χ4v) is 2.30. The van der Waals surface area contributed by atoms with Crippen molar-refractivity contribution in [3.05, 3.63) is 29.8 Å². The largest absolute Gasteiger partial charge is 0.494 e. The lowest BCUT2D eigenvalue weighted by molar-refractivity contribution is 0.308. The van der Waals surface area contributed by atoms with Gasteiger partial charge in [0.15, 0.2) is 0 Å². The molecule has 1 rings (SSSR count). The molecule has 0 heterocycles. The number of rotatable bonds is 9. The Morgan fingerprint density at radius 2 is 1.74 bits per heavy atom. The van der Waals surface area contributed by atoms with Crippen molar-refractivity contribution >= 4 is 0 Å². The monoisotopic (exact) mass is 262 g/mol. The zero-order valence-corrected chi connectivity index (χ0v) is 13.2. The van der Waals surface area contributed by atoms with Gasteiger partial charge in [-0.05, 0) is 36.0 Å². The topological polar surface area (TPSA) is 9.23 Å². The predicted molar refractivity (Wildman–Crippen MR) is 84.0 cm³/mol. The Bertz CT molecular complexity index is 354. The van der Waals surface area contributed by atoms with Gasteiger partial charge in [0, 0.05) is 0 Å². The van der Waals surface area contributed by atoms with Gasteiger partial charge in [-0.15, -0.1) is 0 Å². The van der Waals surface area contributed by atoms with Crippen molar-refractivity contribution in [3.63, 3.8) is 0 Å². The first-order chi connectivity index (χ1) is 9.10. The summed E-state index contributed by atoms with van der Waals surface area (Å²) in [6.45, 7) is 9.96. The lowest BCUT2D eigenvalue weighted by Crippen LogP contribution is -2.17. The van der Waals surface area contributed by atoms with E-state index < -0.39 is 0 Å². The fourth-order valence-electron chi connectivity index (χ4n) is 2.30. The second kappa shape index (κ2) is 8.24. The van der Waals surface area contributed by atoms with Crippen molar-refractivity contribution in [2.45, 2.75) is 71.6 Å². The third kappa shape index (κ3) is 5.67. The molecule has 0 aliphatic carbocycles. The van der Waals surface area contributed by atoms with Crippen LogP contribution in [-0.2, 0) is 5.41 Å². The summed E-state index contributed by atoms with van der Waals surface area (Å²) in [6, 6.07) is 8.65. The summed E-state index contributed by atoms with van der Waals surface area (Å²) >= 11 is 0. The van der Waals surface area contributed by atoms with Crippen LogP contribution in [0.3, 0.4) is 0 Å². The van der Waals surface area contributed by atoms with E-state index in [1.165, 1.54) is 37.7 Å². The summed E-state index contributed by atoms with van der Waals surface area (Å²) in [5, 5.41) is 0. The number of hydrogen-bond donors (Lipinski definition) is 0. The minimum atomic E-state index is 0.249. The number of ether oxygens (including phenoxy) is 1. The van der Waals surface area contributed by atoms with Crippen LogP contribution in [-0.4, -0.2) is 6.61 Å². The van der Waals surface area contributed by atoms with E-state index >= 15 is 0 Å². The molecule has 0 radical (unpaired) electrons. The molecule has 0 aliphatic heterocycles. The molecule has 0 N–H and O–H groups in total. The SMILES string of the molecule is CCCCCC(C)(C)c1cccc(OCCCC)c1. The van der Waals surface area contributed by atoms with E-state index in [2.05, 4.69) is 52.0 Å². The van der Waals surface area contributed by atoms with Crippen LogP contribution in [0.4, 0.5) is 0 Å². The highest BCUT2D eigenvalue weighted by Crippen LogP contribution is 2.31. The molecule has 1 nitrogen and oxygen atoms in total. The van der Waals surface area contributed by atoms with Crippen molar-refractivity contribution in [3.8, 4) is 5.75 Å². The molecule has 0 amide bonds. The Labute approximate surface area is 119 Å². The van der Waals surface area contributed by atoms with Gasteiger partial charge in [0.1, 0.15) is 5.75 Å². The first kappa shape index (κ1) is 16.1. The third-order valence-corrected chi connectivity index (χ3v) is 3.79. The van der Waals surface area contributed by atoms with Gasteiger partial charge in [-0.3, -0.25) is 0 Å². The maximum atomic E-state index is 5.81. The summed E-state index contributed by atoms with van der Waals surface area (Å²) in [4.78, 5) is 0. The third-order valence-electron chi connectivity index (χ3n) is 3.79. The van der Waals surface area contributed by atoms with Crippen LogP contribution in [0.5, 0.6) is 5.75 Å². The summed E-state index contributed by atoms with van der Waals surface area (Å²) < 4.78 is 5.81. The Morgan fingerprint density at radius 3 is 2.42 bits per heavy atom. The highest BCUT2D eigenvalue weighted by molar-refractivity contribution is 5.33. The van der Waals surface area contributed by atoms with Crippen molar-refractivity contribution < 1.29 is 4.74 Å². The molecule has 0 unspecified atom stereocenters. The fraction of sp³-hybridized carbons (Fsp3) is 0.667. The summed E-state index contributed by atoms with van der Waals surface area (Å²) in [5.74, 6) is 1.02. The number of unbranched alkanes of at least 4 members (excludes halogenated alkanes) is 3. The van der Waals surface area contributed by atoms with Crippen LogP contribution in [0.1, 0.15) is 71.8 Å². The molecule has 1 aromatic rings. The molecule has 1 heteroatoms. The van der Waals surface area contributed by atoms with Crippen molar-refractivity contribution in [1.29, 1.82) is 0 Å². The van der Waals surface area contributed by atoms with Crippen molar-refractivity contribution in [2.24, 2.45) is 0 Å².